The zero-order chi connectivity index (χ0) is 23.7. The predicted molar refractivity (Wildman–Crippen MR) is 120 cm³/mol. The van der Waals surface area contributed by atoms with Crippen LogP contribution in [0.3, 0.4) is 0 Å². The molecule has 1 saturated carbocycles. The number of carbonyl (C=O) groups excluding carboxylic acids is 1. The number of benzene rings is 1. The molecule has 9 heteroatoms. The number of nitrogens with zero attached hydrogens (tertiary/aromatic N) is 2. The second-order valence-corrected chi connectivity index (χ2v) is 9.69. The van der Waals surface area contributed by atoms with Crippen molar-refractivity contribution < 1.29 is 22.7 Å². The minimum atomic E-state index is -0.829. The van der Waals surface area contributed by atoms with Crippen molar-refractivity contribution in [2.45, 2.75) is 44.2 Å². The van der Waals surface area contributed by atoms with Crippen LogP contribution in [0, 0.1) is 23.0 Å². The van der Waals surface area contributed by atoms with Crippen LogP contribution in [0.15, 0.2) is 30.5 Å². The molecule has 1 aliphatic carbocycles. The van der Waals surface area contributed by atoms with E-state index in [4.69, 9.17) is 4.74 Å². The van der Waals surface area contributed by atoms with E-state index in [0.29, 0.717) is 17.4 Å². The Kier molecular flexibility index (Phi) is 6.48. The first-order valence-electron chi connectivity index (χ1n) is 11.9. The molecular formula is C25H29F3N4O2. The highest BCUT2D eigenvalue weighted by atomic mass is 19.1. The molecule has 3 aliphatic rings. The number of piperidine rings is 1. The summed E-state index contributed by atoms with van der Waals surface area (Å²) in [6.45, 7) is 3.62. The molecule has 1 aromatic carbocycles. The highest BCUT2D eigenvalue weighted by Gasteiger charge is 2.42. The molecule has 5 rings (SSSR count). The highest BCUT2D eigenvalue weighted by Crippen LogP contribution is 2.46. The maximum Gasteiger partial charge on any atom is 0.236 e. The third-order valence-electron chi connectivity index (χ3n) is 7.46. The lowest BCUT2D eigenvalue weighted by Crippen LogP contribution is -2.47. The molecule has 3 fully saturated rings. The summed E-state index contributed by atoms with van der Waals surface area (Å²) in [5.74, 6) is -2.43. The predicted octanol–water partition coefficient (Wildman–Crippen LogP) is 3.13. The first-order chi connectivity index (χ1) is 16.4. The number of hydrogen-bond acceptors (Lipinski definition) is 5. The van der Waals surface area contributed by atoms with Gasteiger partial charge in [0.15, 0.2) is 11.6 Å². The van der Waals surface area contributed by atoms with Gasteiger partial charge in [0, 0.05) is 55.0 Å². The lowest BCUT2D eigenvalue weighted by Gasteiger charge is -2.39. The Labute approximate surface area is 196 Å². The average Bonchev–Trinajstić information content (AvgIpc) is 3.47. The van der Waals surface area contributed by atoms with Gasteiger partial charge in [-0.05, 0) is 55.8 Å². The van der Waals surface area contributed by atoms with Crippen LogP contribution in [0.25, 0.3) is 0 Å². The van der Waals surface area contributed by atoms with Gasteiger partial charge in [-0.25, -0.2) is 13.8 Å². The maximum absolute atomic E-state index is 14.6. The monoisotopic (exact) mass is 474 g/mol. The number of pyridine rings is 1. The number of nitrogens with one attached hydrogen (secondary N) is 2. The molecule has 2 aromatic rings. The fourth-order valence-electron chi connectivity index (χ4n) is 5.23. The van der Waals surface area contributed by atoms with E-state index < -0.39 is 17.6 Å². The Morgan fingerprint density at radius 1 is 1.24 bits per heavy atom. The number of hydrogen-bond donors (Lipinski definition) is 2. The quantitative estimate of drug-likeness (QED) is 0.604. The zero-order valence-electron chi connectivity index (χ0n) is 19.0. The summed E-state index contributed by atoms with van der Waals surface area (Å²) >= 11 is 0. The van der Waals surface area contributed by atoms with Crippen molar-refractivity contribution in [1.82, 2.24) is 20.5 Å². The first kappa shape index (κ1) is 23.1. The third kappa shape index (κ3) is 4.90. The van der Waals surface area contributed by atoms with Crippen molar-refractivity contribution in [3.8, 4) is 5.75 Å². The van der Waals surface area contributed by atoms with Crippen molar-refractivity contribution in [2.75, 3.05) is 32.7 Å². The number of ether oxygens (including phenoxy) is 1. The topological polar surface area (TPSA) is 66.5 Å². The summed E-state index contributed by atoms with van der Waals surface area (Å²) in [5.41, 5.74) is 0.924. The molecule has 2 N–H and O–H groups in total. The van der Waals surface area contributed by atoms with Gasteiger partial charge in [-0.3, -0.25) is 4.79 Å². The van der Waals surface area contributed by atoms with Crippen LogP contribution < -0.4 is 15.4 Å². The zero-order valence-corrected chi connectivity index (χ0v) is 19.0. The molecule has 34 heavy (non-hydrogen) atoms. The Bertz CT molecular complexity index is 1050. The second-order valence-electron chi connectivity index (χ2n) is 9.69. The number of likely N-dealkylation sites (tertiary alicyclic amines) is 1. The van der Waals surface area contributed by atoms with Crippen molar-refractivity contribution in [3.05, 3.63) is 59.2 Å². The van der Waals surface area contributed by atoms with E-state index in [0.717, 1.165) is 45.1 Å². The normalized spacial score (nSPS) is 23.3. The van der Waals surface area contributed by atoms with E-state index in [-0.39, 0.29) is 42.3 Å². The highest BCUT2D eigenvalue weighted by molar-refractivity contribution is 5.78. The lowest BCUT2D eigenvalue weighted by molar-refractivity contribution is -0.132. The van der Waals surface area contributed by atoms with Crippen LogP contribution >= 0.6 is 0 Å². The number of amides is 1. The van der Waals surface area contributed by atoms with Crippen LogP contribution in [0.2, 0.25) is 0 Å². The van der Waals surface area contributed by atoms with Crippen molar-refractivity contribution >= 4 is 5.91 Å². The Hall–Kier alpha value is -2.65. The molecule has 0 unspecified atom stereocenters. The smallest absolute Gasteiger partial charge is 0.236 e. The van der Waals surface area contributed by atoms with Crippen molar-refractivity contribution in [2.24, 2.45) is 5.41 Å². The van der Waals surface area contributed by atoms with Gasteiger partial charge in [-0.1, -0.05) is 0 Å². The van der Waals surface area contributed by atoms with Gasteiger partial charge in [0.05, 0.1) is 6.54 Å². The summed E-state index contributed by atoms with van der Waals surface area (Å²) < 4.78 is 47.9. The minimum absolute atomic E-state index is 0.0559. The second kappa shape index (κ2) is 9.54. The summed E-state index contributed by atoms with van der Waals surface area (Å²) in [4.78, 5) is 18.2. The molecule has 6 nitrogen and oxygen atoms in total. The summed E-state index contributed by atoms with van der Waals surface area (Å²) in [5, 5.41) is 6.67. The molecule has 0 radical (unpaired) electrons. The van der Waals surface area contributed by atoms with Crippen LogP contribution in [-0.4, -0.2) is 54.6 Å². The summed E-state index contributed by atoms with van der Waals surface area (Å²) in [6.07, 6.45) is 5.19. The van der Waals surface area contributed by atoms with Gasteiger partial charge >= 0.3 is 0 Å². The lowest BCUT2D eigenvalue weighted by atomic mass is 9.78. The average molecular weight is 475 g/mol. The van der Waals surface area contributed by atoms with E-state index >= 15 is 0 Å². The molecule has 2 aliphatic heterocycles. The van der Waals surface area contributed by atoms with Gasteiger partial charge < -0.3 is 20.3 Å². The molecule has 2 atom stereocenters. The fourth-order valence-corrected chi connectivity index (χ4v) is 5.23. The van der Waals surface area contributed by atoms with Gasteiger partial charge in [0.2, 0.25) is 11.9 Å². The molecule has 0 bridgehead atoms. The first-order valence-corrected chi connectivity index (χ1v) is 11.9. The van der Waals surface area contributed by atoms with E-state index in [9.17, 15) is 18.0 Å². The van der Waals surface area contributed by atoms with Crippen LogP contribution in [0.1, 0.15) is 42.7 Å². The van der Waals surface area contributed by atoms with E-state index in [2.05, 4.69) is 15.6 Å². The number of carbonyl (C=O) groups is 1. The molecule has 2 saturated heterocycles. The number of rotatable bonds is 7. The third-order valence-corrected chi connectivity index (χ3v) is 7.46. The maximum atomic E-state index is 14.6. The summed E-state index contributed by atoms with van der Waals surface area (Å²) in [7, 11) is 0. The van der Waals surface area contributed by atoms with Crippen molar-refractivity contribution in [3.63, 3.8) is 0 Å². The number of halogens is 3. The van der Waals surface area contributed by atoms with Gasteiger partial charge in [-0.15, -0.1) is 0 Å². The van der Waals surface area contributed by atoms with Crippen LogP contribution in [-0.2, 0) is 11.4 Å². The number of aromatic nitrogens is 1. The van der Waals surface area contributed by atoms with E-state index in [1.807, 2.05) is 4.90 Å². The van der Waals surface area contributed by atoms with Gasteiger partial charge in [-0.2, -0.15) is 4.39 Å². The Balaban J connectivity index is 1.17. The van der Waals surface area contributed by atoms with Gasteiger partial charge in [0.1, 0.15) is 12.4 Å². The SMILES string of the molecule is O=C(CN[C@H]1C[C@@H]1c1cc(F)cc(F)c1OCc1cccnc1F)N1CCC2(CCNC2)CC1. The van der Waals surface area contributed by atoms with Crippen LogP contribution in [0.5, 0.6) is 5.75 Å². The molecular weight excluding hydrogens is 445 g/mol. The molecule has 182 valence electrons. The molecule has 3 heterocycles. The largest absolute Gasteiger partial charge is 0.485 e. The van der Waals surface area contributed by atoms with E-state index in [1.54, 1.807) is 6.07 Å². The van der Waals surface area contributed by atoms with Crippen molar-refractivity contribution in [1.29, 1.82) is 0 Å². The minimum Gasteiger partial charge on any atom is -0.485 e. The molecule has 1 spiro atoms. The van der Waals surface area contributed by atoms with Crippen LogP contribution in [0.4, 0.5) is 13.2 Å². The summed E-state index contributed by atoms with van der Waals surface area (Å²) in [6, 6.07) is 5.01. The molecule has 1 amide bonds. The van der Waals surface area contributed by atoms with Gasteiger partial charge in [0.25, 0.3) is 0 Å². The standard InChI is InChI=1S/C25H29F3N4O2/c26-17-10-19(23(20(27)11-17)34-14-16-2-1-6-30-24(16)28)18-12-21(18)31-13-22(33)32-8-4-25(5-9-32)3-7-29-15-25/h1-2,6,10-11,18,21,29,31H,3-5,7-9,12-15H2/t18-,21+/m1/s1. The molecule has 1 aromatic heterocycles. The Morgan fingerprint density at radius 3 is 2.79 bits per heavy atom. The fraction of sp³-hybridized carbons (Fsp3) is 0.520. The van der Waals surface area contributed by atoms with E-state index in [1.165, 1.54) is 24.8 Å². The Morgan fingerprint density at radius 2 is 2.06 bits per heavy atom.